The number of hydrogen-bond donors (Lipinski definition) is 2. The standard InChI is InChI=1S/C20H32N4O3S/c1-2-22-20(24-12-6-10-18(15-24)14-19(21)25)23-11-7-13-28(26,27)16-17-8-4-3-5-9-17/h3-5,8-9,18H,2,6-7,10-16H2,1H3,(H2,21,25)(H,22,23). The summed E-state index contributed by atoms with van der Waals surface area (Å²) in [6, 6.07) is 9.24. The lowest BCUT2D eigenvalue weighted by molar-refractivity contribution is -0.119. The number of likely N-dealkylation sites (tertiary alicyclic amines) is 1. The average Bonchev–Trinajstić information content (AvgIpc) is 2.64. The predicted molar refractivity (Wildman–Crippen MR) is 113 cm³/mol. The number of primary amides is 1. The Bertz CT molecular complexity index is 750. The molecule has 1 saturated heterocycles. The number of rotatable bonds is 9. The summed E-state index contributed by atoms with van der Waals surface area (Å²) in [4.78, 5) is 18.0. The van der Waals surface area contributed by atoms with Crippen molar-refractivity contribution in [2.24, 2.45) is 16.6 Å². The molecule has 1 amide bonds. The number of nitrogens with one attached hydrogen (secondary N) is 1. The highest BCUT2D eigenvalue weighted by Crippen LogP contribution is 2.19. The maximum absolute atomic E-state index is 12.3. The van der Waals surface area contributed by atoms with E-state index in [1.165, 1.54) is 0 Å². The van der Waals surface area contributed by atoms with Crippen LogP contribution in [0.4, 0.5) is 0 Å². The number of hydrogen-bond acceptors (Lipinski definition) is 4. The molecular weight excluding hydrogens is 376 g/mol. The van der Waals surface area contributed by atoms with Crippen LogP contribution in [0.2, 0.25) is 0 Å². The largest absolute Gasteiger partial charge is 0.370 e. The van der Waals surface area contributed by atoms with Gasteiger partial charge >= 0.3 is 0 Å². The van der Waals surface area contributed by atoms with Crippen LogP contribution in [0.5, 0.6) is 0 Å². The van der Waals surface area contributed by atoms with Crippen molar-refractivity contribution in [2.75, 3.05) is 31.9 Å². The molecule has 1 aromatic rings. The Morgan fingerprint density at radius 1 is 1.32 bits per heavy atom. The second-order valence-corrected chi connectivity index (χ2v) is 9.48. The molecule has 1 unspecified atom stereocenters. The number of amides is 1. The minimum absolute atomic E-state index is 0.0680. The first kappa shape index (κ1) is 22.2. The van der Waals surface area contributed by atoms with Crippen LogP contribution in [0.3, 0.4) is 0 Å². The van der Waals surface area contributed by atoms with Gasteiger partial charge in [-0.05, 0) is 37.7 Å². The second-order valence-electron chi connectivity index (χ2n) is 7.29. The topological polar surface area (TPSA) is 105 Å². The molecular formula is C20H32N4O3S. The first-order chi connectivity index (χ1) is 13.4. The summed E-state index contributed by atoms with van der Waals surface area (Å²) in [5, 5.41) is 3.27. The number of sulfone groups is 1. The van der Waals surface area contributed by atoms with Crippen molar-refractivity contribution in [1.29, 1.82) is 0 Å². The molecule has 2 rings (SSSR count). The highest BCUT2D eigenvalue weighted by molar-refractivity contribution is 7.90. The monoisotopic (exact) mass is 408 g/mol. The van der Waals surface area contributed by atoms with Crippen LogP contribution >= 0.6 is 0 Å². The fourth-order valence-electron chi connectivity index (χ4n) is 3.50. The number of piperidine rings is 1. The normalized spacial score (nSPS) is 18.1. The van der Waals surface area contributed by atoms with Gasteiger partial charge in [0.25, 0.3) is 0 Å². The third-order valence-electron chi connectivity index (χ3n) is 4.75. The molecule has 7 nitrogen and oxygen atoms in total. The summed E-state index contributed by atoms with van der Waals surface area (Å²) < 4.78 is 24.6. The van der Waals surface area contributed by atoms with E-state index in [0.29, 0.717) is 19.4 Å². The number of carbonyl (C=O) groups is 1. The Labute approximate surface area is 168 Å². The second kappa shape index (κ2) is 11.0. The Kier molecular flexibility index (Phi) is 8.76. The lowest BCUT2D eigenvalue weighted by atomic mass is 9.95. The maximum atomic E-state index is 12.3. The van der Waals surface area contributed by atoms with Gasteiger partial charge < -0.3 is 16.0 Å². The molecule has 1 aromatic carbocycles. The average molecular weight is 409 g/mol. The highest BCUT2D eigenvalue weighted by atomic mass is 32.2. The molecule has 156 valence electrons. The Hall–Kier alpha value is -2.09. The summed E-state index contributed by atoms with van der Waals surface area (Å²) >= 11 is 0. The van der Waals surface area contributed by atoms with Crippen LogP contribution in [-0.2, 0) is 20.4 Å². The number of nitrogens with two attached hydrogens (primary N) is 1. The zero-order chi connectivity index (χ0) is 20.4. The van der Waals surface area contributed by atoms with Crippen LogP contribution in [0, 0.1) is 5.92 Å². The number of carbonyl (C=O) groups excluding carboxylic acids is 1. The molecule has 1 aliphatic rings. The third kappa shape index (κ3) is 7.88. The van der Waals surface area contributed by atoms with E-state index in [4.69, 9.17) is 5.73 Å². The number of aliphatic imine (C=N–C) groups is 1. The molecule has 0 saturated carbocycles. The first-order valence-corrected chi connectivity index (χ1v) is 11.8. The molecule has 0 bridgehead atoms. The van der Waals surface area contributed by atoms with Crippen LogP contribution in [0.15, 0.2) is 35.3 Å². The van der Waals surface area contributed by atoms with E-state index in [-0.39, 0.29) is 23.3 Å². The molecule has 0 aromatic heterocycles. The van der Waals surface area contributed by atoms with E-state index in [0.717, 1.165) is 44.0 Å². The summed E-state index contributed by atoms with van der Waals surface area (Å²) in [6.07, 6.45) is 2.88. The van der Waals surface area contributed by atoms with E-state index in [9.17, 15) is 13.2 Å². The number of benzene rings is 1. The van der Waals surface area contributed by atoms with Crippen LogP contribution in [0.25, 0.3) is 0 Å². The Morgan fingerprint density at radius 2 is 2.07 bits per heavy atom. The van der Waals surface area contributed by atoms with Crippen LogP contribution in [0.1, 0.15) is 38.2 Å². The van der Waals surface area contributed by atoms with Gasteiger partial charge in [-0.3, -0.25) is 9.79 Å². The van der Waals surface area contributed by atoms with Crippen molar-refractivity contribution in [1.82, 2.24) is 10.2 Å². The van der Waals surface area contributed by atoms with Gasteiger partial charge in [-0.15, -0.1) is 0 Å². The molecule has 1 heterocycles. The van der Waals surface area contributed by atoms with Crippen LogP contribution < -0.4 is 11.1 Å². The number of guanidine groups is 1. The van der Waals surface area contributed by atoms with Crippen molar-refractivity contribution >= 4 is 21.7 Å². The van der Waals surface area contributed by atoms with Gasteiger partial charge in [0.05, 0.1) is 11.5 Å². The van der Waals surface area contributed by atoms with Gasteiger partial charge in [-0.25, -0.2) is 8.42 Å². The van der Waals surface area contributed by atoms with Gasteiger partial charge in [0.2, 0.25) is 5.91 Å². The lowest BCUT2D eigenvalue weighted by Crippen LogP contribution is -2.47. The maximum Gasteiger partial charge on any atom is 0.217 e. The fraction of sp³-hybridized carbons (Fsp3) is 0.600. The molecule has 3 N–H and O–H groups in total. The van der Waals surface area contributed by atoms with Crippen molar-refractivity contribution < 1.29 is 13.2 Å². The van der Waals surface area contributed by atoms with Gasteiger partial charge in [0.1, 0.15) is 0 Å². The molecule has 0 aliphatic carbocycles. The molecule has 1 aliphatic heterocycles. The van der Waals surface area contributed by atoms with E-state index in [2.05, 4.69) is 15.2 Å². The molecule has 8 heteroatoms. The highest BCUT2D eigenvalue weighted by Gasteiger charge is 2.23. The van der Waals surface area contributed by atoms with Crippen molar-refractivity contribution in [2.45, 2.75) is 38.4 Å². The number of nitrogens with zero attached hydrogens (tertiary/aromatic N) is 2. The molecule has 0 spiro atoms. The van der Waals surface area contributed by atoms with Crippen LogP contribution in [-0.4, -0.2) is 57.1 Å². The zero-order valence-electron chi connectivity index (χ0n) is 16.6. The van der Waals surface area contributed by atoms with Crippen molar-refractivity contribution in [3.63, 3.8) is 0 Å². The lowest BCUT2D eigenvalue weighted by Gasteiger charge is -2.34. The van der Waals surface area contributed by atoms with E-state index in [1.807, 2.05) is 37.3 Å². The smallest absolute Gasteiger partial charge is 0.217 e. The molecule has 28 heavy (non-hydrogen) atoms. The third-order valence-corrected chi connectivity index (χ3v) is 6.43. The quantitative estimate of drug-likeness (QED) is 0.366. The van der Waals surface area contributed by atoms with Gasteiger partial charge in [0.15, 0.2) is 15.8 Å². The Morgan fingerprint density at radius 3 is 2.75 bits per heavy atom. The van der Waals surface area contributed by atoms with Gasteiger partial charge in [0, 0.05) is 32.6 Å². The summed E-state index contributed by atoms with van der Waals surface area (Å²) in [7, 11) is -3.15. The Balaban J connectivity index is 1.87. The fourth-order valence-corrected chi connectivity index (χ4v) is 4.92. The van der Waals surface area contributed by atoms with Gasteiger partial charge in [-0.2, -0.15) is 0 Å². The minimum atomic E-state index is -3.15. The predicted octanol–water partition coefficient (Wildman–Crippen LogP) is 1.54. The SMILES string of the molecule is CCNC(=NCCCS(=O)(=O)Cc1ccccc1)N1CCCC(CC(N)=O)C1. The minimum Gasteiger partial charge on any atom is -0.370 e. The summed E-state index contributed by atoms with van der Waals surface area (Å²) in [5.41, 5.74) is 6.15. The molecule has 0 radical (unpaired) electrons. The summed E-state index contributed by atoms with van der Waals surface area (Å²) in [5.74, 6) is 0.962. The summed E-state index contributed by atoms with van der Waals surface area (Å²) in [6.45, 7) is 4.83. The van der Waals surface area contributed by atoms with Crippen molar-refractivity contribution in [3.8, 4) is 0 Å². The van der Waals surface area contributed by atoms with E-state index in [1.54, 1.807) is 0 Å². The van der Waals surface area contributed by atoms with Crippen molar-refractivity contribution in [3.05, 3.63) is 35.9 Å². The zero-order valence-corrected chi connectivity index (χ0v) is 17.5. The van der Waals surface area contributed by atoms with E-state index < -0.39 is 9.84 Å². The first-order valence-electron chi connectivity index (χ1n) is 9.95. The van der Waals surface area contributed by atoms with Gasteiger partial charge in [-0.1, -0.05) is 30.3 Å². The van der Waals surface area contributed by atoms with E-state index >= 15 is 0 Å². The molecule has 1 atom stereocenters. The molecule has 1 fully saturated rings.